The van der Waals surface area contributed by atoms with Gasteiger partial charge >= 0.3 is 0 Å². The molecular formula is C14H30N2O. The third-order valence-corrected chi connectivity index (χ3v) is 4.48. The van der Waals surface area contributed by atoms with Gasteiger partial charge in [0, 0.05) is 18.6 Å². The molecule has 17 heavy (non-hydrogen) atoms. The molecule has 0 unspecified atom stereocenters. The summed E-state index contributed by atoms with van der Waals surface area (Å²) in [6.45, 7) is 8.20. The lowest BCUT2D eigenvalue weighted by Gasteiger charge is -2.40. The molecule has 1 saturated carbocycles. The van der Waals surface area contributed by atoms with E-state index in [1.54, 1.807) is 0 Å². The van der Waals surface area contributed by atoms with Gasteiger partial charge in [0.2, 0.25) is 0 Å². The fourth-order valence-electron chi connectivity index (χ4n) is 2.82. The molecule has 0 atom stereocenters. The summed E-state index contributed by atoms with van der Waals surface area (Å²) in [6.07, 6.45) is 6.34. The molecule has 0 saturated heterocycles. The summed E-state index contributed by atoms with van der Waals surface area (Å²) in [5, 5.41) is 10.4. The largest absolute Gasteiger partial charge is 0.389 e. The van der Waals surface area contributed by atoms with Crippen LogP contribution >= 0.6 is 0 Å². The van der Waals surface area contributed by atoms with Crippen LogP contribution in [0.5, 0.6) is 0 Å². The molecule has 102 valence electrons. The van der Waals surface area contributed by atoms with E-state index in [2.05, 4.69) is 25.7 Å². The summed E-state index contributed by atoms with van der Waals surface area (Å²) in [6, 6.07) is 1.03. The molecule has 0 aromatic rings. The fraction of sp³-hybridized carbons (Fsp3) is 1.00. The van der Waals surface area contributed by atoms with Gasteiger partial charge in [0.15, 0.2) is 0 Å². The van der Waals surface area contributed by atoms with E-state index >= 15 is 0 Å². The molecule has 0 spiro atoms. The maximum Gasteiger partial charge on any atom is 0.0769 e. The van der Waals surface area contributed by atoms with Crippen LogP contribution < -0.4 is 5.73 Å². The van der Waals surface area contributed by atoms with Gasteiger partial charge in [-0.05, 0) is 45.1 Å². The second-order valence-corrected chi connectivity index (χ2v) is 5.56. The molecule has 1 aliphatic rings. The first kappa shape index (κ1) is 14.9. The Bertz CT molecular complexity index is 208. The highest BCUT2D eigenvalue weighted by atomic mass is 16.3. The topological polar surface area (TPSA) is 49.5 Å². The first-order chi connectivity index (χ1) is 8.04. The van der Waals surface area contributed by atoms with Gasteiger partial charge in [0.25, 0.3) is 0 Å². The number of nitrogens with zero attached hydrogens (tertiary/aromatic N) is 1. The first-order valence-electron chi connectivity index (χ1n) is 7.26. The highest BCUT2D eigenvalue weighted by molar-refractivity contribution is 4.86. The van der Waals surface area contributed by atoms with Crippen LogP contribution in [0.3, 0.4) is 0 Å². The minimum atomic E-state index is -0.504. The number of likely N-dealkylation sites (N-methyl/N-ethyl adjacent to an activating group) is 1. The molecule has 1 rings (SSSR count). The van der Waals surface area contributed by atoms with Crippen LogP contribution in [0.1, 0.15) is 59.3 Å². The van der Waals surface area contributed by atoms with Crippen molar-refractivity contribution >= 4 is 0 Å². The van der Waals surface area contributed by atoms with Gasteiger partial charge in [-0.15, -0.1) is 0 Å². The Hall–Kier alpha value is -0.120. The van der Waals surface area contributed by atoms with Gasteiger partial charge in [-0.3, -0.25) is 4.90 Å². The molecule has 3 N–H and O–H groups in total. The van der Waals surface area contributed by atoms with Crippen molar-refractivity contribution in [2.75, 3.05) is 13.1 Å². The Morgan fingerprint density at radius 2 is 1.65 bits per heavy atom. The van der Waals surface area contributed by atoms with Crippen molar-refractivity contribution in [3.8, 4) is 0 Å². The zero-order valence-electron chi connectivity index (χ0n) is 11.8. The molecule has 0 heterocycles. The molecule has 0 radical (unpaired) electrons. The van der Waals surface area contributed by atoms with Crippen molar-refractivity contribution < 1.29 is 5.11 Å². The van der Waals surface area contributed by atoms with Crippen LogP contribution in [-0.2, 0) is 0 Å². The third-order valence-electron chi connectivity index (χ3n) is 4.48. The van der Waals surface area contributed by atoms with Crippen LogP contribution in [0.4, 0.5) is 0 Å². The Kier molecular flexibility index (Phi) is 5.90. The van der Waals surface area contributed by atoms with Gasteiger partial charge in [0.1, 0.15) is 0 Å². The SMILES string of the molecule is CCN(CC(O)(CC)CC)C1CCC(N)CC1. The number of hydrogen-bond donors (Lipinski definition) is 2. The maximum atomic E-state index is 10.4. The zero-order valence-corrected chi connectivity index (χ0v) is 11.8. The smallest absolute Gasteiger partial charge is 0.0769 e. The Morgan fingerprint density at radius 3 is 2.06 bits per heavy atom. The van der Waals surface area contributed by atoms with Gasteiger partial charge in [-0.2, -0.15) is 0 Å². The van der Waals surface area contributed by atoms with E-state index in [-0.39, 0.29) is 0 Å². The number of aliphatic hydroxyl groups is 1. The molecule has 1 fully saturated rings. The molecule has 1 aliphatic carbocycles. The van der Waals surface area contributed by atoms with Crippen molar-refractivity contribution in [1.29, 1.82) is 0 Å². The third kappa shape index (κ3) is 4.23. The Morgan fingerprint density at radius 1 is 1.12 bits per heavy atom. The van der Waals surface area contributed by atoms with Crippen LogP contribution in [-0.4, -0.2) is 40.8 Å². The Labute approximate surface area is 106 Å². The number of rotatable bonds is 6. The lowest BCUT2D eigenvalue weighted by Crippen LogP contribution is -2.48. The predicted octanol–water partition coefficient (Wildman–Crippen LogP) is 2.13. The molecule has 0 aromatic carbocycles. The lowest BCUT2D eigenvalue weighted by atomic mass is 9.89. The highest BCUT2D eigenvalue weighted by Crippen LogP contribution is 2.25. The van der Waals surface area contributed by atoms with Gasteiger partial charge in [-0.1, -0.05) is 20.8 Å². The quantitative estimate of drug-likeness (QED) is 0.750. The fourth-order valence-corrected chi connectivity index (χ4v) is 2.82. The van der Waals surface area contributed by atoms with Crippen LogP contribution in [0, 0.1) is 0 Å². The summed E-state index contributed by atoms with van der Waals surface area (Å²) in [7, 11) is 0. The first-order valence-corrected chi connectivity index (χ1v) is 7.26. The molecule has 3 nitrogen and oxygen atoms in total. The predicted molar refractivity (Wildman–Crippen MR) is 73.0 cm³/mol. The van der Waals surface area contributed by atoms with Crippen LogP contribution in [0.15, 0.2) is 0 Å². The second kappa shape index (κ2) is 6.72. The van der Waals surface area contributed by atoms with E-state index < -0.39 is 5.60 Å². The zero-order chi connectivity index (χ0) is 12.9. The van der Waals surface area contributed by atoms with Gasteiger partial charge in [-0.25, -0.2) is 0 Å². The average Bonchev–Trinajstić information content (AvgIpc) is 2.37. The summed E-state index contributed by atoms with van der Waals surface area (Å²) in [4.78, 5) is 2.46. The van der Waals surface area contributed by atoms with E-state index in [0.29, 0.717) is 12.1 Å². The Balaban J connectivity index is 2.53. The average molecular weight is 242 g/mol. The maximum absolute atomic E-state index is 10.4. The summed E-state index contributed by atoms with van der Waals surface area (Å²) in [5.41, 5.74) is 5.45. The summed E-state index contributed by atoms with van der Waals surface area (Å²) in [5.74, 6) is 0. The molecule has 0 aliphatic heterocycles. The van der Waals surface area contributed by atoms with E-state index in [1.807, 2.05) is 0 Å². The molecule has 0 bridgehead atoms. The van der Waals surface area contributed by atoms with Crippen LogP contribution in [0.25, 0.3) is 0 Å². The van der Waals surface area contributed by atoms with Crippen molar-refractivity contribution in [3.05, 3.63) is 0 Å². The van der Waals surface area contributed by atoms with E-state index in [1.165, 1.54) is 12.8 Å². The minimum absolute atomic E-state index is 0.404. The lowest BCUT2D eigenvalue weighted by molar-refractivity contribution is -0.0186. The highest BCUT2D eigenvalue weighted by Gasteiger charge is 2.30. The number of nitrogens with two attached hydrogens (primary N) is 1. The van der Waals surface area contributed by atoms with Crippen molar-refractivity contribution in [3.63, 3.8) is 0 Å². The normalized spacial score (nSPS) is 26.5. The van der Waals surface area contributed by atoms with Gasteiger partial charge < -0.3 is 10.8 Å². The molecule has 3 heteroatoms. The van der Waals surface area contributed by atoms with Crippen LogP contribution in [0.2, 0.25) is 0 Å². The van der Waals surface area contributed by atoms with Crippen molar-refractivity contribution in [2.45, 2.75) is 77.0 Å². The van der Waals surface area contributed by atoms with Crippen molar-refractivity contribution in [1.82, 2.24) is 4.90 Å². The molecule has 0 aromatic heterocycles. The second-order valence-electron chi connectivity index (χ2n) is 5.56. The van der Waals surface area contributed by atoms with E-state index in [9.17, 15) is 5.11 Å². The van der Waals surface area contributed by atoms with E-state index in [4.69, 9.17) is 5.73 Å². The molecular weight excluding hydrogens is 212 g/mol. The minimum Gasteiger partial charge on any atom is -0.389 e. The standard InChI is InChI=1S/C14H30N2O/c1-4-14(17,5-2)11-16(6-3)13-9-7-12(15)8-10-13/h12-13,17H,4-11,15H2,1-3H3. The summed E-state index contributed by atoms with van der Waals surface area (Å²) < 4.78 is 0. The summed E-state index contributed by atoms with van der Waals surface area (Å²) >= 11 is 0. The van der Waals surface area contributed by atoms with E-state index in [0.717, 1.165) is 38.8 Å². The van der Waals surface area contributed by atoms with Gasteiger partial charge in [0.05, 0.1) is 5.60 Å². The molecule has 0 amide bonds. The monoisotopic (exact) mass is 242 g/mol. The van der Waals surface area contributed by atoms with Crippen molar-refractivity contribution in [2.24, 2.45) is 5.73 Å². The number of hydrogen-bond acceptors (Lipinski definition) is 3.